The Bertz CT molecular complexity index is 570. The van der Waals surface area contributed by atoms with Gasteiger partial charge in [-0.1, -0.05) is 37.0 Å². The third-order valence-corrected chi connectivity index (χ3v) is 3.54. The Labute approximate surface area is 109 Å². The molecule has 1 aromatic rings. The van der Waals surface area contributed by atoms with E-state index < -0.39 is 31.8 Å². The van der Waals surface area contributed by atoms with E-state index in [1.165, 1.54) is 0 Å². The second-order valence-electron chi connectivity index (χ2n) is 3.68. The lowest BCUT2D eigenvalue weighted by Gasteiger charge is -2.10. The van der Waals surface area contributed by atoms with Gasteiger partial charge in [0, 0.05) is 11.5 Å². The molecule has 0 amide bonds. The highest BCUT2D eigenvalue weighted by atomic mass is 35.5. The van der Waals surface area contributed by atoms with Crippen LogP contribution in [-0.2, 0) is 10.0 Å². The molecular formula is C9H10Cl2N2O3S. The van der Waals surface area contributed by atoms with Gasteiger partial charge in [0.1, 0.15) is 10.0 Å². The summed E-state index contributed by atoms with van der Waals surface area (Å²) in [6.45, 7) is 3.25. The first-order valence-corrected chi connectivity index (χ1v) is 6.88. The van der Waals surface area contributed by atoms with Crippen LogP contribution >= 0.6 is 23.2 Å². The van der Waals surface area contributed by atoms with Crippen LogP contribution in [0.4, 0.5) is 0 Å². The van der Waals surface area contributed by atoms with Crippen LogP contribution in [0.5, 0.6) is 0 Å². The first-order valence-electron chi connectivity index (χ1n) is 4.57. The number of Topliss-reactive ketones (excluding diaryl/α,β-unsaturated/α-hetero) is 1. The van der Waals surface area contributed by atoms with E-state index >= 15 is 0 Å². The number of nitrogens with zero attached hydrogens (tertiary/aromatic N) is 1. The maximum absolute atomic E-state index is 11.9. The molecule has 0 saturated carbocycles. The summed E-state index contributed by atoms with van der Waals surface area (Å²) in [4.78, 5) is 14.9. The van der Waals surface area contributed by atoms with E-state index in [9.17, 15) is 13.2 Å². The molecule has 1 heterocycles. The molecule has 0 unspecified atom stereocenters. The first kappa shape index (κ1) is 14.4. The summed E-state index contributed by atoms with van der Waals surface area (Å²) < 4.78 is 22.7. The number of ketones is 1. The quantitative estimate of drug-likeness (QED) is 0.681. The molecule has 0 fully saturated rings. The van der Waals surface area contributed by atoms with Crippen molar-refractivity contribution in [1.29, 1.82) is 0 Å². The molecule has 2 N–H and O–H groups in total. The Balaban J connectivity index is 3.64. The number of nitrogens with two attached hydrogens (primary N) is 1. The minimum Gasteiger partial charge on any atom is -0.294 e. The highest BCUT2D eigenvalue weighted by Gasteiger charge is 2.26. The van der Waals surface area contributed by atoms with Crippen molar-refractivity contribution >= 4 is 39.0 Å². The van der Waals surface area contributed by atoms with Gasteiger partial charge >= 0.3 is 0 Å². The van der Waals surface area contributed by atoms with E-state index in [-0.39, 0.29) is 10.7 Å². The number of aromatic nitrogens is 1. The van der Waals surface area contributed by atoms with Crippen LogP contribution in [0.3, 0.4) is 0 Å². The van der Waals surface area contributed by atoms with Crippen LogP contribution in [0.25, 0.3) is 0 Å². The van der Waals surface area contributed by atoms with Crippen molar-refractivity contribution in [2.24, 2.45) is 11.1 Å². The largest absolute Gasteiger partial charge is 0.294 e. The van der Waals surface area contributed by atoms with E-state index in [1.807, 2.05) is 0 Å². The van der Waals surface area contributed by atoms with Gasteiger partial charge in [-0.2, -0.15) is 0 Å². The molecule has 1 aromatic heterocycles. The summed E-state index contributed by atoms with van der Waals surface area (Å²) in [5.74, 6) is -0.828. The van der Waals surface area contributed by atoms with Crippen molar-refractivity contribution in [1.82, 2.24) is 4.98 Å². The van der Waals surface area contributed by atoms with Gasteiger partial charge in [-0.05, 0) is 6.07 Å². The highest BCUT2D eigenvalue weighted by molar-refractivity contribution is 7.89. The molecule has 17 heavy (non-hydrogen) atoms. The van der Waals surface area contributed by atoms with Crippen molar-refractivity contribution in [3.05, 3.63) is 21.9 Å². The molecule has 0 atom stereocenters. The number of primary sulfonamides is 1. The average Bonchev–Trinajstić information content (AvgIpc) is 2.12. The smallest absolute Gasteiger partial charge is 0.241 e. The summed E-state index contributed by atoms with van der Waals surface area (Å²) in [6, 6.07) is 1.15. The highest BCUT2D eigenvalue weighted by Crippen LogP contribution is 2.27. The molecule has 0 bridgehead atoms. The van der Waals surface area contributed by atoms with E-state index in [1.54, 1.807) is 13.8 Å². The van der Waals surface area contributed by atoms with Crippen LogP contribution in [0.15, 0.2) is 11.0 Å². The summed E-state index contributed by atoms with van der Waals surface area (Å²) in [6.07, 6.45) is 0. The van der Waals surface area contributed by atoms with Crippen LogP contribution in [0.1, 0.15) is 24.2 Å². The predicted molar refractivity (Wildman–Crippen MR) is 64.8 cm³/mol. The van der Waals surface area contributed by atoms with Gasteiger partial charge < -0.3 is 0 Å². The Morgan fingerprint density at radius 1 is 1.41 bits per heavy atom. The molecule has 1 rings (SSSR count). The fourth-order valence-corrected chi connectivity index (χ4v) is 2.74. The third-order valence-electron chi connectivity index (χ3n) is 1.97. The SMILES string of the molecule is CC(C)C(=O)c1cc(Cl)nc(Cl)c1S(N)(=O)=O. The number of hydrogen-bond donors (Lipinski definition) is 1. The number of pyridine rings is 1. The van der Waals surface area contributed by atoms with Crippen LogP contribution in [0, 0.1) is 5.92 Å². The monoisotopic (exact) mass is 296 g/mol. The van der Waals surface area contributed by atoms with Gasteiger partial charge in [0.2, 0.25) is 10.0 Å². The minimum absolute atomic E-state index is 0.0635. The van der Waals surface area contributed by atoms with Crippen molar-refractivity contribution in [3.8, 4) is 0 Å². The van der Waals surface area contributed by atoms with E-state index in [0.717, 1.165) is 6.07 Å². The number of hydrogen-bond acceptors (Lipinski definition) is 4. The molecule has 0 aliphatic carbocycles. The zero-order chi connectivity index (χ0) is 13.4. The third kappa shape index (κ3) is 3.16. The summed E-state index contributed by atoms with van der Waals surface area (Å²) in [5, 5.41) is 4.54. The van der Waals surface area contributed by atoms with E-state index in [4.69, 9.17) is 28.3 Å². The van der Waals surface area contributed by atoms with E-state index in [0.29, 0.717) is 0 Å². The van der Waals surface area contributed by atoms with Crippen LogP contribution < -0.4 is 5.14 Å². The molecule has 8 heteroatoms. The number of rotatable bonds is 3. The molecule has 0 saturated heterocycles. The molecule has 0 aliphatic heterocycles. The van der Waals surface area contributed by atoms with Gasteiger partial charge in [-0.15, -0.1) is 0 Å². The Morgan fingerprint density at radius 2 is 1.94 bits per heavy atom. The predicted octanol–water partition coefficient (Wildman–Crippen LogP) is 1.87. The van der Waals surface area contributed by atoms with Gasteiger partial charge in [-0.25, -0.2) is 18.5 Å². The summed E-state index contributed by atoms with van der Waals surface area (Å²) >= 11 is 11.3. The zero-order valence-electron chi connectivity index (χ0n) is 9.07. The van der Waals surface area contributed by atoms with Gasteiger partial charge in [0.05, 0.1) is 0 Å². The Hall–Kier alpha value is -0.690. The number of sulfonamides is 1. The first-order chi connectivity index (χ1) is 7.64. The maximum atomic E-state index is 11.9. The lowest BCUT2D eigenvalue weighted by Crippen LogP contribution is -2.20. The van der Waals surface area contributed by atoms with Gasteiger partial charge in [0.25, 0.3) is 0 Å². The Kier molecular flexibility index (Phi) is 4.14. The lowest BCUT2D eigenvalue weighted by molar-refractivity contribution is 0.0936. The van der Waals surface area contributed by atoms with Crippen molar-refractivity contribution in [3.63, 3.8) is 0 Å². The second-order valence-corrected chi connectivity index (χ2v) is 5.92. The average molecular weight is 297 g/mol. The minimum atomic E-state index is -4.13. The molecule has 0 spiro atoms. The van der Waals surface area contributed by atoms with E-state index in [2.05, 4.69) is 4.98 Å². The standard InChI is InChI=1S/C9H10Cl2N2O3S/c1-4(2)7(14)5-3-6(10)13-9(11)8(5)17(12,15)16/h3-4H,1-2H3,(H2,12,15,16). The Morgan fingerprint density at radius 3 is 2.35 bits per heavy atom. The molecule has 5 nitrogen and oxygen atoms in total. The topological polar surface area (TPSA) is 90.1 Å². The maximum Gasteiger partial charge on any atom is 0.241 e. The molecule has 94 valence electrons. The summed E-state index contributed by atoms with van der Waals surface area (Å²) in [7, 11) is -4.13. The number of carbonyl (C=O) groups is 1. The second kappa shape index (κ2) is 4.89. The fraction of sp³-hybridized carbons (Fsp3) is 0.333. The van der Waals surface area contributed by atoms with Crippen molar-refractivity contribution < 1.29 is 13.2 Å². The molecule has 0 aliphatic rings. The van der Waals surface area contributed by atoms with Crippen molar-refractivity contribution in [2.45, 2.75) is 18.7 Å². The lowest BCUT2D eigenvalue weighted by atomic mass is 10.0. The van der Waals surface area contributed by atoms with Gasteiger partial charge in [0.15, 0.2) is 10.9 Å². The molecular weight excluding hydrogens is 287 g/mol. The van der Waals surface area contributed by atoms with Gasteiger partial charge in [-0.3, -0.25) is 4.79 Å². The van der Waals surface area contributed by atoms with Crippen LogP contribution in [-0.4, -0.2) is 19.2 Å². The summed E-state index contributed by atoms with van der Waals surface area (Å²) in [5.41, 5.74) is -0.132. The number of carbonyl (C=O) groups excluding carboxylic acids is 1. The van der Waals surface area contributed by atoms with Crippen molar-refractivity contribution in [2.75, 3.05) is 0 Å². The fourth-order valence-electron chi connectivity index (χ4n) is 1.24. The normalized spacial score (nSPS) is 11.9. The molecule has 0 aromatic carbocycles. The van der Waals surface area contributed by atoms with Crippen LogP contribution in [0.2, 0.25) is 10.3 Å². The molecule has 0 radical (unpaired) electrons. The number of halogens is 2. The zero-order valence-corrected chi connectivity index (χ0v) is 11.4.